The van der Waals surface area contributed by atoms with E-state index in [1.165, 1.54) is 4.40 Å². The summed E-state index contributed by atoms with van der Waals surface area (Å²) in [6, 6.07) is 10.1. The van der Waals surface area contributed by atoms with Gasteiger partial charge in [0.2, 0.25) is 5.65 Å². The molecule has 0 amide bonds. The van der Waals surface area contributed by atoms with Gasteiger partial charge >= 0.3 is 5.69 Å². The number of anilines is 1. The quantitative estimate of drug-likeness (QED) is 0.595. The lowest BCUT2D eigenvalue weighted by molar-refractivity contribution is 0.159. The lowest BCUT2D eigenvalue weighted by Gasteiger charge is -2.21. The van der Waals surface area contributed by atoms with Crippen LogP contribution in [0.5, 0.6) is 0 Å². The number of fused-ring (bicyclic) bond motifs is 1. The second kappa shape index (κ2) is 7.92. The normalized spacial score (nSPS) is 12.9. The molecule has 0 aliphatic rings. The van der Waals surface area contributed by atoms with Gasteiger partial charge in [0.1, 0.15) is 0 Å². The number of aryl methyl sites for hydroxylation is 1. The van der Waals surface area contributed by atoms with Crippen molar-refractivity contribution in [1.82, 2.24) is 19.6 Å². The molecule has 2 aromatic heterocycles. The maximum absolute atomic E-state index is 12.5. The molecule has 0 aliphatic heterocycles. The van der Waals surface area contributed by atoms with Crippen molar-refractivity contribution in [3.63, 3.8) is 0 Å². The third kappa shape index (κ3) is 4.03. The second-order valence-corrected chi connectivity index (χ2v) is 7.41. The van der Waals surface area contributed by atoms with Gasteiger partial charge < -0.3 is 10.4 Å². The number of rotatable bonds is 7. The summed E-state index contributed by atoms with van der Waals surface area (Å²) in [5.74, 6) is 0.594. The first-order chi connectivity index (χ1) is 12.9. The van der Waals surface area contributed by atoms with Crippen molar-refractivity contribution in [3.8, 4) is 0 Å². The maximum Gasteiger partial charge on any atom is 0.348 e. The lowest BCUT2D eigenvalue weighted by atomic mass is 9.99. The Labute approximate surface area is 158 Å². The van der Waals surface area contributed by atoms with Crippen molar-refractivity contribution in [3.05, 3.63) is 57.8 Å². The molecule has 0 spiro atoms. The highest BCUT2D eigenvalue weighted by Crippen LogP contribution is 2.29. The molecule has 1 atom stereocenters. The largest absolute Gasteiger partial charge is 0.387 e. The molecule has 0 saturated carbocycles. The first kappa shape index (κ1) is 19.1. The van der Waals surface area contributed by atoms with Crippen LogP contribution < -0.4 is 11.0 Å². The summed E-state index contributed by atoms with van der Waals surface area (Å²) in [5, 5.41) is 20.8. The van der Waals surface area contributed by atoms with Gasteiger partial charge in [0.15, 0.2) is 5.82 Å². The van der Waals surface area contributed by atoms with Crippen molar-refractivity contribution < 1.29 is 5.11 Å². The molecule has 1 unspecified atom stereocenters. The molecule has 3 N–H and O–H groups in total. The molecule has 1 aromatic carbocycles. The molecule has 27 heavy (non-hydrogen) atoms. The van der Waals surface area contributed by atoms with E-state index >= 15 is 0 Å². The van der Waals surface area contributed by atoms with Crippen LogP contribution in [0.2, 0.25) is 0 Å². The molecule has 7 heteroatoms. The number of hydrogen-bond donors (Lipinski definition) is 3. The molecule has 0 aliphatic carbocycles. The number of hydrogen-bond acceptors (Lipinski definition) is 5. The molecule has 144 valence electrons. The van der Waals surface area contributed by atoms with Crippen LogP contribution >= 0.6 is 0 Å². The lowest BCUT2D eigenvalue weighted by Crippen LogP contribution is -2.23. The van der Waals surface area contributed by atoms with Crippen LogP contribution in [0.25, 0.3) is 5.65 Å². The molecule has 0 bridgehead atoms. The monoisotopic (exact) mass is 369 g/mol. The van der Waals surface area contributed by atoms with E-state index in [2.05, 4.69) is 15.5 Å². The first-order valence-electron chi connectivity index (χ1n) is 9.38. The van der Waals surface area contributed by atoms with E-state index in [1.807, 2.05) is 58.0 Å². The zero-order valence-corrected chi connectivity index (χ0v) is 16.2. The Hall–Kier alpha value is -2.67. The van der Waals surface area contributed by atoms with Crippen LogP contribution in [0.4, 0.5) is 5.82 Å². The standard InChI is InChI=1S/C20H27N5O2/c1-12(2)16-17(15(26)11-10-14-8-6-5-7-9-14)25-19(23-24-20(25)27)18(22-16)21-13(3)4/h5-9,12-13,15,26H,10-11H2,1-4H3,(H,21,22)(H,24,27). The van der Waals surface area contributed by atoms with Crippen molar-refractivity contribution in [2.45, 2.75) is 58.6 Å². The Balaban J connectivity index is 2.06. The predicted octanol–water partition coefficient (Wildman–Crippen LogP) is 3.03. The molecule has 0 saturated heterocycles. The number of aliphatic hydroxyl groups is 1. The molecule has 3 rings (SSSR count). The molecule has 0 fully saturated rings. The van der Waals surface area contributed by atoms with E-state index in [0.29, 0.717) is 35.7 Å². The van der Waals surface area contributed by atoms with Crippen LogP contribution in [-0.4, -0.2) is 30.7 Å². The van der Waals surface area contributed by atoms with Crippen molar-refractivity contribution in [1.29, 1.82) is 0 Å². The van der Waals surface area contributed by atoms with Gasteiger partial charge in [-0.1, -0.05) is 44.2 Å². The van der Waals surface area contributed by atoms with Crippen LogP contribution in [0.1, 0.15) is 63.1 Å². The Kier molecular flexibility index (Phi) is 5.60. The Morgan fingerprint density at radius 1 is 1.19 bits per heavy atom. The van der Waals surface area contributed by atoms with E-state index in [1.54, 1.807) is 0 Å². The zero-order chi connectivity index (χ0) is 19.6. The minimum Gasteiger partial charge on any atom is -0.387 e. The highest BCUT2D eigenvalue weighted by atomic mass is 16.3. The number of benzene rings is 1. The van der Waals surface area contributed by atoms with E-state index < -0.39 is 6.10 Å². The topological polar surface area (TPSA) is 95.3 Å². The average Bonchev–Trinajstić information content (AvgIpc) is 3.02. The van der Waals surface area contributed by atoms with Gasteiger partial charge in [0.05, 0.1) is 17.5 Å². The molecular formula is C20H27N5O2. The summed E-state index contributed by atoms with van der Waals surface area (Å²) in [4.78, 5) is 17.2. The predicted molar refractivity (Wildman–Crippen MR) is 106 cm³/mol. The van der Waals surface area contributed by atoms with Gasteiger partial charge in [-0.15, -0.1) is 5.10 Å². The van der Waals surface area contributed by atoms with Gasteiger partial charge in [-0.2, -0.15) is 0 Å². The molecule has 3 aromatic rings. The average molecular weight is 369 g/mol. The maximum atomic E-state index is 12.5. The smallest absolute Gasteiger partial charge is 0.348 e. The first-order valence-corrected chi connectivity index (χ1v) is 9.38. The van der Waals surface area contributed by atoms with Crippen molar-refractivity contribution in [2.75, 3.05) is 5.32 Å². The highest BCUT2D eigenvalue weighted by molar-refractivity contribution is 5.63. The number of aromatic amines is 1. The zero-order valence-electron chi connectivity index (χ0n) is 16.2. The fourth-order valence-electron chi connectivity index (χ4n) is 3.22. The number of aromatic nitrogens is 4. The minimum absolute atomic E-state index is 0.0466. The third-order valence-corrected chi connectivity index (χ3v) is 4.46. The number of H-pyrrole nitrogens is 1. The van der Waals surface area contributed by atoms with E-state index in [9.17, 15) is 9.90 Å². The minimum atomic E-state index is -0.819. The van der Waals surface area contributed by atoms with Crippen molar-refractivity contribution in [2.24, 2.45) is 0 Å². The van der Waals surface area contributed by atoms with Crippen LogP contribution in [-0.2, 0) is 6.42 Å². The van der Waals surface area contributed by atoms with Gasteiger partial charge in [-0.25, -0.2) is 19.3 Å². The summed E-state index contributed by atoms with van der Waals surface area (Å²) in [6.45, 7) is 8.01. The molecule has 0 radical (unpaired) electrons. The SMILES string of the molecule is CC(C)Nc1nc(C(C)C)c(C(O)CCc2ccccc2)n2c(=O)[nH]nc12. The summed E-state index contributed by atoms with van der Waals surface area (Å²) in [5.41, 5.74) is 2.41. The van der Waals surface area contributed by atoms with E-state index in [4.69, 9.17) is 4.98 Å². The Morgan fingerprint density at radius 2 is 1.89 bits per heavy atom. The number of nitrogens with zero attached hydrogens (tertiary/aromatic N) is 3. The summed E-state index contributed by atoms with van der Waals surface area (Å²) >= 11 is 0. The highest BCUT2D eigenvalue weighted by Gasteiger charge is 2.24. The van der Waals surface area contributed by atoms with Gasteiger partial charge in [-0.3, -0.25) is 0 Å². The fourth-order valence-corrected chi connectivity index (χ4v) is 3.22. The Bertz CT molecular complexity index is 960. The Morgan fingerprint density at radius 3 is 2.52 bits per heavy atom. The van der Waals surface area contributed by atoms with Gasteiger partial charge in [0, 0.05) is 6.04 Å². The third-order valence-electron chi connectivity index (χ3n) is 4.46. The fraction of sp³-hybridized carbons (Fsp3) is 0.450. The molecule has 2 heterocycles. The summed E-state index contributed by atoms with van der Waals surface area (Å²) in [6.07, 6.45) is 0.385. The number of nitrogens with one attached hydrogen (secondary N) is 2. The van der Waals surface area contributed by atoms with Gasteiger partial charge in [-0.05, 0) is 38.2 Å². The van der Waals surface area contributed by atoms with E-state index in [-0.39, 0.29) is 17.6 Å². The van der Waals surface area contributed by atoms with Crippen LogP contribution in [0, 0.1) is 0 Å². The summed E-state index contributed by atoms with van der Waals surface area (Å²) in [7, 11) is 0. The van der Waals surface area contributed by atoms with Crippen LogP contribution in [0.3, 0.4) is 0 Å². The van der Waals surface area contributed by atoms with Crippen LogP contribution in [0.15, 0.2) is 35.1 Å². The molecular weight excluding hydrogens is 342 g/mol. The van der Waals surface area contributed by atoms with Crippen molar-refractivity contribution >= 4 is 11.5 Å². The second-order valence-electron chi connectivity index (χ2n) is 7.41. The summed E-state index contributed by atoms with van der Waals surface area (Å²) < 4.78 is 1.46. The van der Waals surface area contributed by atoms with E-state index in [0.717, 1.165) is 5.56 Å². The molecule has 7 nitrogen and oxygen atoms in total. The number of aliphatic hydroxyl groups excluding tert-OH is 1. The van der Waals surface area contributed by atoms with Gasteiger partial charge in [0.25, 0.3) is 0 Å².